The zero-order valence-corrected chi connectivity index (χ0v) is 11.6. The van der Waals surface area contributed by atoms with Crippen molar-refractivity contribution in [3.05, 3.63) is 29.8 Å². The summed E-state index contributed by atoms with van der Waals surface area (Å²) >= 11 is 0. The quantitative estimate of drug-likeness (QED) is 0.852. The summed E-state index contributed by atoms with van der Waals surface area (Å²) in [6.07, 6.45) is 0. The molecule has 3 N–H and O–H groups in total. The van der Waals surface area contributed by atoms with Crippen LogP contribution in [0.2, 0.25) is 0 Å². The summed E-state index contributed by atoms with van der Waals surface area (Å²) in [5, 5.41) is 0. The zero-order valence-electron chi connectivity index (χ0n) is 10.0. The second-order valence-corrected chi connectivity index (χ2v) is 5.77. The molecule has 0 saturated heterocycles. The molecule has 98 valence electrons. The molecular formula is C11H19ClN2O2S. The topological polar surface area (TPSA) is 72.2 Å². The Morgan fingerprint density at radius 1 is 1.29 bits per heavy atom. The standard InChI is InChI=1S/C11H18N2O2S.ClH/c1-9-3-5-11(6-4-9)16(14,15)13-8-10(2)7-12;/h3-6,10,13H,7-8,12H2,1-2H3;1H. The van der Waals surface area contributed by atoms with E-state index in [1.807, 2.05) is 13.8 Å². The van der Waals surface area contributed by atoms with Gasteiger partial charge in [-0.2, -0.15) is 0 Å². The SMILES string of the molecule is Cc1ccc(S(=O)(=O)NCC(C)CN)cc1.Cl. The van der Waals surface area contributed by atoms with Crippen molar-refractivity contribution in [3.63, 3.8) is 0 Å². The highest BCUT2D eigenvalue weighted by Gasteiger charge is 2.13. The van der Waals surface area contributed by atoms with Gasteiger partial charge in [0.1, 0.15) is 0 Å². The van der Waals surface area contributed by atoms with E-state index in [-0.39, 0.29) is 18.3 Å². The Hall–Kier alpha value is -0.620. The molecule has 0 bridgehead atoms. The lowest BCUT2D eigenvalue weighted by Crippen LogP contribution is -2.31. The molecule has 0 radical (unpaired) electrons. The molecule has 1 aromatic carbocycles. The van der Waals surface area contributed by atoms with Gasteiger partial charge < -0.3 is 5.73 Å². The van der Waals surface area contributed by atoms with Gasteiger partial charge in [0.25, 0.3) is 0 Å². The van der Waals surface area contributed by atoms with Gasteiger partial charge in [-0.15, -0.1) is 12.4 Å². The van der Waals surface area contributed by atoms with Gasteiger partial charge in [-0.05, 0) is 31.5 Å². The van der Waals surface area contributed by atoms with E-state index in [4.69, 9.17) is 5.73 Å². The van der Waals surface area contributed by atoms with Gasteiger partial charge in [0.05, 0.1) is 4.90 Å². The van der Waals surface area contributed by atoms with Gasteiger partial charge in [-0.1, -0.05) is 24.6 Å². The number of halogens is 1. The van der Waals surface area contributed by atoms with Crippen LogP contribution in [0.1, 0.15) is 12.5 Å². The number of aryl methyl sites for hydroxylation is 1. The smallest absolute Gasteiger partial charge is 0.240 e. The average Bonchev–Trinajstić information content (AvgIpc) is 2.26. The maximum Gasteiger partial charge on any atom is 0.240 e. The molecule has 0 heterocycles. The van der Waals surface area contributed by atoms with Gasteiger partial charge in [-0.25, -0.2) is 13.1 Å². The molecule has 0 fully saturated rings. The van der Waals surface area contributed by atoms with Crippen molar-refractivity contribution in [2.24, 2.45) is 11.7 Å². The first kappa shape index (κ1) is 16.4. The molecule has 4 nitrogen and oxygen atoms in total. The van der Waals surface area contributed by atoms with Crippen molar-refractivity contribution < 1.29 is 8.42 Å². The number of benzene rings is 1. The Morgan fingerprint density at radius 2 is 1.82 bits per heavy atom. The first-order valence-corrected chi connectivity index (χ1v) is 6.70. The van der Waals surface area contributed by atoms with E-state index in [2.05, 4.69) is 4.72 Å². The molecule has 0 amide bonds. The number of hydrogen-bond donors (Lipinski definition) is 2. The summed E-state index contributed by atoms with van der Waals surface area (Å²) < 4.78 is 26.2. The monoisotopic (exact) mass is 278 g/mol. The second kappa shape index (κ2) is 6.96. The van der Waals surface area contributed by atoms with E-state index in [0.717, 1.165) is 5.56 Å². The van der Waals surface area contributed by atoms with Gasteiger partial charge in [0.15, 0.2) is 0 Å². The predicted molar refractivity (Wildman–Crippen MR) is 71.8 cm³/mol. The number of hydrogen-bond acceptors (Lipinski definition) is 3. The van der Waals surface area contributed by atoms with E-state index >= 15 is 0 Å². The third kappa shape index (κ3) is 5.04. The van der Waals surface area contributed by atoms with E-state index in [0.29, 0.717) is 18.0 Å². The zero-order chi connectivity index (χ0) is 12.2. The van der Waals surface area contributed by atoms with Crippen LogP contribution in [0.4, 0.5) is 0 Å². The highest BCUT2D eigenvalue weighted by Crippen LogP contribution is 2.09. The molecule has 1 aromatic rings. The van der Waals surface area contributed by atoms with Crippen molar-refractivity contribution in [3.8, 4) is 0 Å². The Labute approximate surface area is 109 Å². The average molecular weight is 279 g/mol. The summed E-state index contributed by atoms with van der Waals surface area (Å²) in [6, 6.07) is 6.76. The fraction of sp³-hybridized carbons (Fsp3) is 0.455. The molecule has 1 atom stereocenters. The highest BCUT2D eigenvalue weighted by molar-refractivity contribution is 7.89. The molecule has 0 aliphatic carbocycles. The van der Waals surface area contributed by atoms with E-state index < -0.39 is 10.0 Å². The Balaban J connectivity index is 0.00000256. The second-order valence-electron chi connectivity index (χ2n) is 4.01. The summed E-state index contributed by atoms with van der Waals surface area (Å²) in [7, 11) is -3.39. The molecule has 1 rings (SSSR count). The minimum Gasteiger partial charge on any atom is -0.330 e. The largest absolute Gasteiger partial charge is 0.330 e. The van der Waals surface area contributed by atoms with Crippen molar-refractivity contribution in [2.45, 2.75) is 18.7 Å². The molecule has 0 aliphatic rings. The Kier molecular flexibility index (Phi) is 6.70. The van der Waals surface area contributed by atoms with Gasteiger partial charge in [-0.3, -0.25) is 0 Å². The van der Waals surface area contributed by atoms with Gasteiger partial charge >= 0.3 is 0 Å². The fourth-order valence-corrected chi connectivity index (χ4v) is 2.30. The summed E-state index contributed by atoms with van der Waals surface area (Å²) in [6.45, 7) is 4.65. The summed E-state index contributed by atoms with van der Waals surface area (Å²) in [4.78, 5) is 0.294. The molecular weight excluding hydrogens is 260 g/mol. The first-order valence-electron chi connectivity index (χ1n) is 5.22. The predicted octanol–water partition coefficient (Wildman–Crippen LogP) is 1.29. The normalized spacial score (nSPS) is 12.9. The van der Waals surface area contributed by atoms with Crippen molar-refractivity contribution in [1.82, 2.24) is 4.72 Å². The van der Waals surface area contributed by atoms with Gasteiger partial charge in [0.2, 0.25) is 10.0 Å². The Bertz CT molecular complexity index is 431. The van der Waals surface area contributed by atoms with Crippen LogP contribution in [0.25, 0.3) is 0 Å². The minimum absolute atomic E-state index is 0. The lowest BCUT2D eigenvalue weighted by Gasteiger charge is -2.10. The van der Waals surface area contributed by atoms with Crippen molar-refractivity contribution >= 4 is 22.4 Å². The maximum atomic E-state index is 11.8. The van der Waals surface area contributed by atoms with E-state index in [9.17, 15) is 8.42 Å². The third-order valence-electron chi connectivity index (χ3n) is 2.36. The molecule has 0 aromatic heterocycles. The lowest BCUT2D eigenvalue weighted by atomic mass is 10.2. The van der Waals surface area contributed by atoms with Crippen LogP contribution in [0.15, 0.2) is 29.2 Å². The summed E-state index contributed by atoms with van der Waals surface area (Å²) in [5.41, 5.74) is 6.46. The molecule has 17 heavy (non-hydrogen) atoms. The van der Waals surface area contributed by atoms with E-state index in [1.54, 1.807) is 24.3 Å². The molecule has 6 heteroatoms. The fourth-order valence-electron chi connectivity index (χ4n) is 1.14. The first-order chi connectivity index (χ1) is 7.45. The van der Waals surface area contributed by atoms with Crippen LogP contribution in [-0.4, -0.2) is 21.5 Å². The van der Waals surface area contributed by atoms with Crippen molar-refractivity contribution in [1.29, 1.82) is 0 Å². The van der Waals surface area contributed by atoms with Crippen LogP contribution in [0, 0.1) is 12.8 Å². The number of nitrogens with two attached hydrogens (primary N) is 1. The lowest BCUT2D eigenvalue weighted by molar-refractivity contribution is 0.545. The minimum atomic E-state index is -3.39. The molecule has 0 saturated carbocycles. The maximum absolute atomic E-state index is 11.8. The Morgan fingerprint density at radius 3 is 2.29 bits per heavy atom. The molecule has 0 aliphatic heterocycles. The van der Waals surface area contributed by atoms with Crippen LogP contribution in [-0.2, 0) is 10.0 Å². The molecule has 0 spiro atoms. The van der Waals surface area contributed by atoms with Crippen LogP contribution in [0.5, 0.6) is 0 Å². The number of sulfonamides is 1. The van der Waals surface area contributed by atoms with Crippen LogP contribution in [0.3, 0.4) is 0 Å². The van der Waals surface area contributed by atoms with Gasteiger partial charge in [0, 0.05) is 6.54 Å². The van der Waals surface area contributed by atoms with E-state index in [1.165, 1.54) is 0 Å². The number of rotatable bonds is 5. The third-order valence-corrected chi connectivity index (χ3v) is 3.79. The van der Waals surface area contributed by atoms with Crippen LogP contribution >= 0.6 is 12.4 Å². The molecule has 1 unspecified atom stereocenters. The highest BCUT2D eigenvalue weighted by atomic mass is 35.5. The number of nitrogens with one attached hydrogen (secondary N) is 1. The summed E-state index contributed by atoms with van der Waals surface area (Å²) in [5.74, 6) is 0.139. The van der Waals surface area contributed by atoms with Crippen molar-refractivity contribution in [2.75, 3.05) is 13.1 Å². The van der Waals surface area contributed by atoms with Crippen LogP contribution < -0.4 is 10.5 Å².